The Morgan fingerprint density at radius 1 is 1.38 bits per heavy atom. The van der Waals surface area contributed by atoms with E-state index in [9.17, 15) is 14.4 Å². The lowest BCUT2D eigenvalue weighted by Gasteiger charge is -2.11. The molecule has 0 saturated carbocycles. The number of benzene rings is 1. The van der Waals surface area contributed by atoms with Crippen molar-refractivity contribution >= 4 is 17.8 Å². The molecular formula is C14H16N2O5. The van der Waals surface area contributed by atoms with Gasteiger partial charge in [-0.15, -0.1) is 0 Å². The third-order valence-corrected chi connectivity index (χ3v) is 3.24. The van der Waals surface area contributed by atoms with Gasteiger partial charge >= 0.3 is 5.97 Å². The number of hydrogen-bond acceptors (Lipinski definition) is 5. The van der Waals surface area contributed by atoms with Gasteiger partial charge in [0.25, 0.3) is 0 Å². The molecule has 21 heavy (non-hydrogen) atoms. The topological polar surface area (TPSA) is 95.9 Å². The number of amides is 2. The monoisotopic (exact) mass is 292 g/mol. The summed E-state index contributed by atoms with van der Waals surface area (Å²) in [5.41, 5.74) is 0.193. The van der Waals surface area contributed by atoms with E-state index in [0.29, 0.717) is 18.9 Å². The van der Waals surface area contributed by atoms with E-state index in [-0.39, 0.29) is 23.8 Å². The van der Waals surface area contributed by atoms with Crippen LogP contribution >= 0.6 is 0 Å². The number of nitrogens with one attached hydrogen (secondary N) is 1. The van der Waals surface area contributed by atoms with E-state index in [1.807, 2.05) is 0 Å². The Morgan fingerprint density at radius 3 is 2.57 bits per heavy atom. The van der Waals surface area contributed by atoms with E-state index < -0.39 is 12.0 Å². The largest absolute Gasteiger partial charge is 0.492 e. The van der Waals surface area contributed by atoms with Crippen LogP contribution in [-0.2, 0) is 9.59 Å². The van der Waals surface area contributed by atoms with Gasteiger partial charge < -0.3 is 15.2 Å². The SMILES string of the molecule is CN1C(=O)CC(NCCOc2ccc(C(=O)O)cc2)C1=O. The minimum atomic E-state index is -0.989. The van der Waals surface area contributed by atoms with E-state index in [4.69, 9.17) is 9.84 Å². The first-order valence-corrected chi connectivity index (χ1v) is 6.49. The Morgan fingerprint density at radius 2 is 2.05 bits per heavy atom. The fraction of sp³-hybridized carbons (Fsp3) is 0.357. The highest BCUT2D eigenvalue weighted by Gasteiger charge is 2.35. The maximum Gasteiger partial charge on any atom is 0.335 e. The molecule has 112 valence electrons. The first kappa shape index (κ1) is 15.0. The van der Waals surface area contributed by atoms with Crippen LogP contribution < -0.4 is 10.1 Å². The average Bonchev–Trinajstić information content (AvgIpc) is 2.71. The second-order valence-corrected chi connectivity index (χ2v) is 4.68. The number of likely N-dealkylation sites (N-methyl/N-ethyl adjacent to an activating group) is 1. The zero-order valence-electron chi connectivity index (χ0n) is 11.5. The molecule has 2 rings (SSSR count). The Kier molecular flexibility index (Phi) is 4.54. The fourth-order valence-electron chi connectivity index (χ4n) is 2.01. The Bertz CT molecular complexity index is 555. The smallest absolute Gasteiger partial charge is 0.335 e. The number of hydrogen-bond donors (Lipinski definition) is 2. The number of rotatable bonds is 6. The van der Waals surface area contributed by atoms with Gasteiger partial charge in [0.2, 0.25) is 11.8 Å². The van der Waals surface area contributed by atoms with Crippen molar-refractivity contribution < 1.29 is 24.2 Å². The van der Waals surface area contributed by atoms with Crippen LogP contribution in [0.5, 0.6) is 5.75 Å². The second kappa shape index (κ2) is 6.36. The van der Waals surface area contributed by atoms with Gasteiger partial charge in [0.05, 0.1) is 18.0 Å². The van der Waals surface area contributed by atoms with Crippen LogP contribution in [0.25, 0.3) is 0 Å². The highest BCUT2D eigenvalue weighted by Crippen LogP contribution is 2.12. The van der Waals surface area contributed by atoms with Crippen molar-refractivity contribution in [1.82, 2.24) is 10.2 Å². The van der Waals surface area contributed by atoms with Gasteiger partial charge in [-0.3, -0.25) is 14.5 Å². The highest BCUT2D eigenvalue weighted by molar-refractivity contribution is 6.05. The number of carboxylic acids is 1. The van der Waals surface area contributed by atoms with Gasteiger partial charge in [-0.2, -0.15) is 0 Å². The molecule has 7 heteroatoms. The van der Waals surface area contributed by atoms with Crippen LogP contribution in [0.4, 0.5) is 0 Å². The van der Waals surface area contributed by atoms with Crippen molar-refractivity contribution in [1.29, 1.82) is 0 Å². The maximum atomic E-state index is 11.6. The molecule has 1 aliphatic rings. The lowest BCUT2D eigenvalue weighted by atomic mass is 10.2. The van der Waals surface area contributed by atoms with Gasteiger partial charge in [-0.1, -0.05) is 0 Å². The first-order valence-electron chi connectivity index (χ1n) is 6.49. The summed E-state index contributed by atoms with van der Waals surface area (Å²) >= 11 is 0. The number of imide groups is 1. The number of carbonyl (C=O) groups excluding carboxylic acids is 2. The van der Waals surface area contributed by atoms with Crippen LogP contribution in [-0.4, -0.2) is 54.0 Å². The number of carbonyl (C=O) groups is 3. The average molecular weight is 292 g/mol. The maximum absolute atomic E-state index is 11.6. The summed E-state index contributed by atoms with van der Waals surface area (Å²) in [5.74, 6) is -0.863. The standard InChI is InChI=1S/C14H16N2O5/c1-16-12(17)8-11(13(16)18)15-6-7-21-10-4-2-9(3-5-10)14(19)20/h2-5,11,15H,6-8H2,1H3,(H,19,20). The molecule has 1 saturated heterocycles. The molecule has 1 aliphatic heterocycles. The highest BCUT2D eigenvalue weighted by atomic mass is 16.5. The summed E-state index contributed by atoms with van der Waals surface area (Å²) < 4.78 is 5.42. The number of nitrogens with zero attached hydrogens (tertiary/aromatic N) is 1. The van der Waals surface area contributed by atoms with Crippen LogP contribution in [0, 0.1) is 0 Å². The zero-order chi connectivity index (χ0) is 15.4. The minimum absolute atomic E-state index is 0.169. The van der Waals surface area contributed by atoms with Crippen molar-refractivity contribution in [2.24, 2.45) is 0 Å². The minimum Gasteiger partial charge on any atom is -0.492 e. The zero-order valence-corrected chi connectivity index (χ0v) is 11.5. The molecule has 1 unspecified atom stereocenters. The van der Waals surface area contributed by atoms with Crippen molar-refractivity contribution in [3.05, 3.63) is 29.8 Å². The molecule has 0 bridgehead atoms. The summed E-state index contributed by atoms with van der Waals surface area (Å²) in [6.45, 7) is 0.728. The molecular weight excluding hydrogens is 276 g/mol. The number of aromatic carboxylic acids is 1. The van der Waals surface area contributed by atoms with Gasteiger partial charge in [0.15, 0.2) is 0 Å². The fourth-order valence-corrected chi connectivity index (χ4v) is 2.01. The van der Waals surface area contributed by atoms with Crippen LogP contribution in [0.3, 0.4) is 0 Å². The van der Waals surface area contributed by atoms with E-state index in [0.717, 1.165) is 4.90 Å². The summed E-state index contributed by atoms with van der Waals surface area (Å²) in [6.07, 6.45) is 0.169. The lowest BCUT2D eigenvalue weighted by Crippen LogP contribution is -2.39. The van der Waals surface area contributed by atoms with Crippen LogP contribution in [0.1, 0.15) is 16.8 Å². The lowest BCUT2D eigenvalue weighted by molar-refractivity contribution is -0.137. The molecule has 7 nitrogen and oxygen atoms in total. The van der Waals surface area contributed by atoms with Crippen molar-refractivity contribution in [2.45, 2.75) is 12.5 Å². The number of carboxylic acid groups (broad SMARTS) is 1. The van der Waals surface area contributed by atoms with Gasteiger partial charge in [0, 0.05) is 13.6 Å². The molecule has 0 aliphatic carbocycles. The summed E-state index contributed by atoms with van der Waals surface area (Å²) in [6, 6.07) is 5.57. The normalized spacial score (nSPS) is 18.1. The molecule has 0 spiro atoms. The van der Waals surface area contributed by atoms with Crippen molar-refractivity contribution in [3.63, 3.8) is 0 Å². The predicted octanol–water partition coefficient (Wildman–Crippen LogP) is 0.110. The quantitative estimate of drug-likeness (QED) is 0.571. The molecule has 0 radical (unpaired) electrons. The van der Waals surface area contributed by atoms with Gasteiger partial charge in [-0.25, -0.2) is 4.79 Å². The number of likely N-dealkylation sites (tertiary alicyclic amines) is 1. The summed E-state index contributed by atoms with van der Waals surface area (Å²) in [4.78, 5) is 34.8. The summed E-state index contributed by atoms with van der Waals surface area (Å²) in [5, 5.41) is 11.7. The van der Waals surface area contributed by atoms with Crippen LogP contribution in [0.15, 0.2) is 24.3 Å². The Labute approximate surface area is 121 Å². The van der Waals surface area contributed by atoms with E-state index in [1.165, 1.54) is 19.2 Å². The summed E-state index contributed by atoms with van der Waals surface area (Å²) in [7, 11) is 1.47. The third-order valence-electron chi connectivity index (χ3n) is 3.24. The van der Waals surface area contributed by atoms with E-state index in [1.54, 1.807) is 12.1 Å². The molecule has 1 fully saturated rings. The van der Waals surface area contributed by atoms with Crippen molar-refractivity contribution in [2.75, 3.05) is 20.2 Å². The number of ether oxygens (including phenoxy) is 1. The van der Waals surface area contributed by atoms with E-state index in [2.05, 4.69) is 5.32 Å². The Balaban J connectivity index is 1.74. The molecule has 2 N–H and O–H groups in total. The molecule has 0 aromatic heterocycles. The molecule has 2 amide bonds. The molecule has 1 heterocycles. The molecule has 1 aromatic carbocycles. The predicted molar refractivity (Wildman–Crippen MR) is 73.1 cm³/mol. The van der Waals surface area contributed by atoms with Gasteiger partial charge in [0.1, 0.15) is 12.4 Å². The van der Waals surface area contributed by atoms with Crippen LogP contribution in [0.2, 0.25) is 0 Å². The second-order valence-electron chi connectivity index (χ2n) is 4.68. The van der Waals surface area contributed by atoms with Crippen molar-refractivity contribution in [3.8, 4) is 5.75 Å². The van der Waals surface area contributed by atoms with E-state index >= 15 is 0 Å². The third kappa shape index (κ3) is 3.57. The Hall–Kier alpha value is -2.41. The van der Waals surface area contributed by atoms with Gasteiger partial charge in [-0.05, 0) is 24.3 Å². The first-order chi connectivity index (χ1) is 9.99. The molecule has 1 atom stereocenters. The molecule has 1 aromatic rings.